The van der Waals surface area contributed by atoms with Crippen LogP contribution >= 0.6 is 0 Å². The van der Waals surface area contributed by atoms with Gasteiger partial charge in [-0.1, -0.05) is 54.6 Å². The highest BCUT2D eigenvalue weighted by Gasteiger charge is 2.27. The number of nitrogens with one attached hydrogen (secondary N) is 1. The molecule has 6 nitrogen and oxygen atoms in total. The molecule has 0 bridgehead atoms. The maximum atomic E-state index is 12.5. The summed E-state index contributed by atoms with van der Waals surface area (Å²) in [7, 11) is 0. The first-order valence-electron chi connectivity index (χ1n) is 9.38. The topological polar surface area (TPSA) is 84.9 Å². The Bertz CT molecular complexity index is 812. The lowest BCUT2D eigenvalue weighted by molar-refractivity contribution is 0.0183. The maximum Gasteiger partial charge on any atom is 0.408 e. The van der Waals surface area contributed by atoms with E-state index in [1.807, 2.05) is 30.3 Å². The molecule has 0 heterocycles. The van der Waals surface area contributed by atoms with E-state index in [0.29, 0.717) is 5.56 Å². The fraction of sp³-hybridized carbons (Fsp3) is 0.304. The van der Waals surface area contributed by atoms with Gasteiger partial charge < -0.3 is 19.9 Å². The van der Waals surface area contributed by atoms with Gasteiger partial charge in [0.1, 0.15) is 11.7 Å². The number of carbonyl (C=O) groups excluding carboxylic acids is 2. The minimum absolute atomic E-state index is 0.375. The van der Waals surface area contributed by atoms with Crippen LogP contribution in [0.3, 0.4) is 0 Å². The average Bonchev–Trinajstić information content (AvgIpc) is 2.69. The molecule has 2 N–H and O–H groups in total. The molecule has 29 heavy (non-hydrogen) atoms. The van der Waals surface area contributed by atoms with Crippen molar-refractivity contribution in [3.05, 3.63) is 77.9 Å². The molecule has 0 aliphatic heterocycles. The minimum atomic E-state index is -0.902. The van der Waals surface area contributed by atoms with Gasteiger partial charge in [-0.15, -0.1) is 0 Å². The third kappa shape index (κ3) is 7.79. The second-order valence-corrected chi connectivity index (χ2v) is 7.44. The molecule has 1 amide bonds. The van der Waals surface area contributed by atoms with Gasteiger partial charge in [0.2, 0.25) is 0 Å². The molecular formula is C23H27NO5. The van der Waals surface area contributed by atoms with E-state index >= 15 is 0 Å². The summed E-state index contributed by atoms with van der Waals surface area (Å²) in [6.45, 7) is 4.78. The van der Waals surface area contributed by atoms with E-state index in [9.17, 15) is 14.7 Å². The van der Waals surface area contributed by atoms with Crippen molar-refractivity contribution in [2.24, 2.45) is 0 Å². The summed E-state index contributed by atoms with van der Waals surface area (Å²) >= 11 is 0. The van der Waals surface area contributed by atoms with E-state index in [4.69, 9.17) is 9.47 Å². The van der Waals surface area contributed by atoms with E-state index in [1.165, 1.54) is 0 Å². The van der Waals surface area contributed by atoms with Gasteiger partial charge in [0, 0.05) is 0 Å². The molecule has 2 aromatic carbocycles. The van der Waals surface area contributed by atoms with Gasteiger partial charge in [0.25, 0.3) is 0 Å². The Morgan fingerprint density at radius 1 is 1.03 bits per heavy atom. The van der Waals surface area contributed by atoms with E-state index in [1.54, 1.807) is 63.3 Å². The number of esters is 1. The van der Waals surface area contributed by atoms with Crippen molar-refractivity contribution >= 4 is 18.1 Å². The van der Waals surface area contributed by atoms with Gasteiger partial charge in [0.15, 0.2) is 0 Å². The fourth-order valence-corrected chi connectivity index (χ4v) is 2.48. The molecule has 0 fully saturated rings. The van der Waals surface area contributed by atoms with Crippen LogP contribution in [0.2, 0.25) is 0 Å². The molecule has 2 atom stereocenters. The van der Waals surface area contributed by atoms with Crippen LogP contribution in [0.15, 0.2) is 66.7 Å². The zero-order chi connectivity index (χ0) is 21.3. The summed E-state index contributed by atoms with van der Waals surface area (Å²) in [6, 6.07) is 17.1. The van der Waals surface area contributed by atoms with Crippen molar-refractivity contribution in [2.45, 2.75) is 38.5 Å². The highest BCUT2D eigenvalue weighted by molar-refractivity contribution is 5.89. The van der Waals surface area contributed by atoms with Crippen molar-refractivity contribution in [2.75, 3.05) is 6.61 Å². The number of ether oxygens (including phenoxy) is 2. The van der Waals surface area contributed by atoms with Crippen LogP contribution < -0.4 is 5.32 Å². The van der Waals surface area contributed by atoms with Crippen molar-refractivity contribution in [3.63, 3.8) is 0 Å². The van der Waals surface area contributed by atoms with Crippen molar-refractivity contribution < 1.29 is 24.2 Å². The summed E-state index contributed by atoms with van der Waals surface area (Å²) in [5.41, 5.74) is 0.571. The summed E-state index contributed by atoms with van der Waals surface area (Å²) in [5.74, 6) is -0.558. The lowest BCUT2D eigenvalue weighted by atomic mass is 10.1. The van der Waals surface area contributed by atoms with Gasteiger partial charge in [-0.05, 0) is 44.5 Å². The summed E-state index contributed by atoms with van der Waals surface area (Å²) in [6.07, 6.45) is 1.79. The molecule has 0 aromatic heterocycles. The molecule has 0 unspecified atom stereocenters. The van der Waals surface area contributed by atoms with Crippen LogP contribution in [-0.2, 0) is 9.47 Å². The normalized spacial score (nSPS) is 13.5. The van der Waals surface area contributed by atoms with Crippen molar-refractivity contribution in [1.82, 2.24) is 5.32 Å². The minimum Gasteiger partial charge on any atom is -0.452 e. The second kappa shape index (κ2) is 10.4. The Labute approximate surface area is 171 Å². The third-order valence-electron chi connectivity index (χ3n) is 3.83. The number of benzene rings is 2. The molecule has 0 aliphatic rings. The first-order chi connectivity index (χ1) is 13.8. The standard InChI is InChI=1S/C23H27NO5/c1-23(2,3)29-22(27)24-19(16-25)20(15-14-17-10-6-4-7-11-17)28-21(26)18-12-8-5-9-13-18/h4-15,19-20,25H,16H2,1-3H3,(H,24,27)/b15-14+/t19-,20+/m0/s1. The number of aliphatic hydroxyl groups excluding tert-OH is 1. The molecule has 2 aromatic rings. The molecule has 0 saturated heterocycles. The highest BCUT2D eigenvalue weighted by Crippen LogP contribution is 2.13. The SMILES string of the molecule is CC(C)(C)OC(=O)N[C@@H](CO)[C@@H](/C=C/c1ccccc1)OC(=O)c1ccccc1. The Balaban J connectivity index is 2.20. The van der Waals surface area contributed by atoms with Crippen LogP contribution in [0, 0.1) is 0 Å². The quantitative estimate of drug-likeness (QED) is 0.694. The number of amides is 1. The van der Waals surface area contributed by atoms with Gasteiger partial charge in [-0.3, -0.25) is 0 Å². The van der Waals surface area contributed by atoms with Crippen LogP contribution in [0.25, 0.3) is 6.08 Å². The second-order valence-electron chi connectivity index (χ2n) is 7.44. The monoisotopic (exact) mass is 397 g/mol. The first-order valence-corrected chi connectivity index (χ1v) is 9.38. The fourth-order valence-electron chi connectivity index (χ4n) is 2.48. The average molecular weight is 397 g/mol. The summed E-state index contributed by atoms with van der Waals surface area (Å²) in [5, 5.41) is 12.4. The van der Waals surface area contributed by atoms with Gasteiger partial charge in [-0.25, -0.2) is 9.59 Å². The Hall–Kier alpha value is -3.12. The smallest absolute Gasteiger partial charge is 0.408 e. The Morgan fingerprint density at radius 3 is 2.17 bits per heavy atom. The van der Waals surface area contributed by atoms with Crippen LogP contribution in [0.5, 0.6) is 0 Å². The molecule has 2 rings (SSSR count). The molecule has 0 spiro atoms. The zero-order valence-corrected chi connectivity index (χ0v) is 16.9. The molecular weight excluding hydrogens is 370 g/mol. The molecule has 0 radical (unpaired) electrons. The predicted octanol–water partition coefficient (Wildman–Crippen LogP) is 3.81. The van der Waals surface area contributed by atoms with Crippen molar-refractivity contribution in [1.29, 1.82) is 0 Å². The van der Waals surface area contributed by atoms with Crippen molar-refractivity contribution in [3.8, 4) is 0 Å². The summed E-state index contributed by atoms with van der Waals surface area (Å²) in [4.78, 5) is 24.7. The lowest BCUT2D eigenvalue weighted by Crippen LogP contribution is -2.48. The zero-order valence-electron chi connectivity index (χ0n) is 16.9. The largest absolute Gasteiger partial charge is 0.452 e. The van der Waals surface area contributed by atoms with Gasteiger partial charge in [0.05, 0.1) is 18.2 Å². The Kier molecular flexibility index (Phi) is 7.98. The number of aliphatic hydroxyl groups is 1. The molecule has 6 heteroatoms. The van der Waals surface area contributed by atoms with Crippen LogP contribution in [0.4, 0.5) is 4.79 Å². The molecule has 0 aliphatic carbocycles. The third-order valence-corrected chi connectivity index (χ3v) is 3.83. The molecule has 0 saturated carbocycles. The summed E-state index contributed by atoms with van der Waals surface area (Å²) < 4.78 is 10.8. The number of alkyl carbamates (subject to hydrolysis) is 1. The predicted molar refractivity (Wildman–Crippen MR) is 111 cm³/mol. The Morgan fingerprint density at radius 2 is 1.62 bits per heavy atom. The van der Waals surface area contributed by atoms with Crippen LogP contribution in [0.1, 0.15) is 36.7 Å². The maximum absolute atomic E-state index is 12.5. The van der Waals surface area contributed by atoms with Crippen LogP contribution in [-0.4, -0.2) is 41.5 Å². The van der Waals surface area contributed by atoms with E-state index in [-0.39, 0.29) is 0 Å². The number of rotatable bonds is 7. The van der Waals surface area contributed by atoms with Gasteiger partial charge in [-0.2, -0.15) is 0 Å². The molecule has 154 valence electrons. The lowest BCUT2D eigenvalue weighted by Gasteiger charge is -2.26. The number of carbonyl (C=O) groups is 2. The van der Waals surface area contributed by atoms with E-state index < -0.39 is 36.4 Å². The first kappa shape index (κ1) is 22.2. The number of hydrogen-bond acceptors (Lipinski definition) is 5. The highest BCUT2D eigenvalue weighted by atomic mass is 16.6. The van der Waals surface area contributed by atoms with E-state index in [2.05, 4.69) is 5.32 Å². The number of hydrogen-bond donors (Lipinski definition) is 2. The van der Waals surface area contributed by atoms with Gasteiger partial charge >= 0.3 is 12.1 Å². The van der Waals surface area contributed by atoms with E-state index in [0.717, 1.165) is 5.56 Å².